The smallest absolute Gasteiger partial charge is 0.410 e. The number of methoxy groups -OCH3 is 1. The molecule has 1 saturated heterocycles. The first-order valence-electron chi connectivity index (χ1n) is 9.78. The van der Waals surface area contributed by atoms with Crippen LogP contribution in [0.25, 0.3) is 0 Å². The van der Waals surface area contributed by atoms with Crippen LogP contribution in [0.15, 0.2) is 54.6 Å². The maximum Gasteiger partial charge on any atom is 0.410 e. The lowest BCUT2D eigenvalue weighted by atomic mass is 10.2. The molecule has 29 heavy (non-hydrogen) atoms. The molecule has 0 N–H and O–H groups in total. The number of ether oxygens (including phenoxy) is 4. The molecule has 1 heterocycles. The van der Waals surface area contributed by atoms with Crippen LogP contribution in [0.3, 0.4) is 0 Å². The van der Waals surface area contributed by atoms with E-state index in [2.05, 4.69) is 0 Å². The summed E-state index contributed by atoms with van der Waals surface area (Å²) in [6, 6.07) is 17.5. The van der Waals surface area contributed by atoms with Crippen molar-refractivity contribution < 1.29 is 23.7 Å². The highest BCUT2D eigenvalue weighted by Crippen LogP contribution is 2.25. The molecule has 0 aromatic heterocycles. The lowest BCUT2D eigenvalue weighted by Gasteiger charge is -2.24. The SMILES string of the molecule is CO[C@@H]1CN(C(=O)OC(C)(C)C)C[C@H]1Oc1cccc(OCc2ccccc2)c1. The molecular weight excluding hydrogens is 370 g/mol. The first-order valence-corrected chi connectivity index (χ1v) is 9.78. The normalized spacial score (nSPS) is 19.1. The fourth-order valence-electron chi connectivity index (χ4n) is 3.11. The number of hydrogen-bond donors (Lipinski definition) is 0. The van der Waals surface area contributed by atoms with Crippen molar-refractivity contribution in [3.63, 3.8) is 0 Å². The predicted octanol–water partition coefficient (Wildman–Crippen LogP) is 4.28. The zero-order valence-electron chi connectivity index (χ0n) is 17.5. The number of amides is 1. The Balaban J connectivity index is 1.60. The van der Waals surface area contributed by atoms with Crippen LogP contribution < -0.4 is 9.47 Å². The van der Waals surface area contributed by atoms with E-state index in [0.29, 0.717) is 25.4 Å². The third kappa shape index (κ3) is 6.12. The van der Waals surface area contributed by atoms with Crippen molar-refractivity contribution >= 4 is 6.09 Å². The van der Waals surface area contributed by atoms with Gasteiger partial charge in [0.05, 0.1) is 13.1 Å². The third-order valence-corrected chi connectivity index (χ3v) is 4.51. The summed E-state index contributed by atoms with van der Waals surface area (Å²) in [5.74, 6) is 1.40. The molecule has 1 aliphatic heterocycles. The maximum absolute atomic E-state index is 12.4. The molecule has 6 heteroatoms. The van der Waals surface area contributed by atoms with E-state index < -0.39 is 5.60 Å². The molecule has 0 aliphatic carbocycles. The van der Waals surface area contributed by atoms with Crippen molar-refractivity contribution in [3.05, 3.63) is 60.2 Å². The van der Waals surface area contributed by atoms with Crippen molar-refractivity contribution in [1.29, 1.82) is 0 Å². The lowest BCUT2D eigenvalue weighted by molar-refractivity contribution is 0.0241. The Morgan fingerprint density at radius 1 is 1.00 bits per heavy atom. The summed E-state index contributed by atoms with van der Waals surface area (Å²) in [5.41, 5.74) is 0.560. The van der Waals surface area contributed by atoms with Gasteiger partial charge in [-0.1, -0.05) is 36.4 Å². The van der Waals surface area contributed by atoms with E-state index in [0.717, 1.165) is 11.3 Å². The standard InChI is InChI=1S/C23H29NO5/c1-23(2,3)29-22(25)24-14-20(26-4)21(15-24)28-19-12-8-11-18(13-19)27-16-17-9-6-5-7-10-17/h5-13,20-21H,14-16H2,1-4H3/t20-,21-/m1/s1. The zero-order valence-corrected chi connectivity index (χ0v) is 17.5. The number of nitrogens with zero attached hydrogens (tertiary/aromatic N) is 1. The minimum Gasteiger partial charge on any atom is -0.489 e. The average molecular weight is 399 g/mol. The summed E-state index contributed by atoms with van der Waals surface area (Å²) in [7, 11) is 1.62. The molecule has 1 aliphatic rings. The molecule has 1 amide bonds. The topological polar surface area (TPSA) is 57.2 Å². The van der Waals surface area contributed by atoms with Gasteiger partial charge in [0, 0.05) is 13.2 Å². The van der Waals surface area contributed by atoms with E-state index in [1.165, 1.54) is 0 Å². The van der Waals surface area contributed by atoms with Crippen molar-refractivity contribution in [2.75, 3.05) is 20.2 Å². The van der Waals surface area contributed by atoms with Crippen molar-refractivity contribution in [1.82, 2.24) is 4.90 Å². The van der Waals surface area contributed by atoms with Crippen LogP contribution in [0.2, 0.25) is 0 Å². The Labute approximate surface area is 172 Å². The first-order chi connectivity index (χ1) is 13.8. The molecule has 2 aromatic rings. The molecule has 0 saturated carbocycles. The van der Waals surface area contributed by atoms with Gasteiger partial charge in [0.15, 0.2) is 0 Å². The quantitative estimate of drug-likeness (QED) is 0.726. The number of carbonyl (C=O) groups is 1. The fourth-order valence-corrected chi connectivity index (χ4v) is 3.11. The van der Waals surface area contributed by atoms with Gasteiger partial charge >= 0.3 is 6.09 Å². The van der Waals surface area contributed by atoms with E-state index in [1.54, 1.807) is 12.0 Å². The molecule has 1 fully saturated rings. The van der Waals surface area contributed by atoms with E-state index in [9.17, 15) is 4.79 Å². The average Bonchev–Trinajstić information content (AvgIpc) is 3.09. The fraction of sp³-hybridized carbons (Fsp3) is 0.435. The second-order valence-corrected chi connectivity index (χ2v) is 8.06. The van der Waals surface area contributed by atoms with Crippen LogP contribution in [0.5, 0.6) is 11.5 Å². The number of hydrogen-bond acceptors (Lipinski definition) is 5. The summed E-state index contributed by atoms with van der Waals surface area (Å²) >= 11 is 0. The van der Waals surface area contributed by atoms with Crippen LogP contribution in [0, 0.1) is 0 Å². The zero-order chi connectivity index (χ0) is 20.9. The Bertz CT molecular complexity index is 802. The summed E-state index contributed by atoms with van der Waals surface area (Å²) in [6.07, 6.45) is -0.862. The van der Waals surface area contributed by atoms with Gasteiger partial charge in [0.1, 0.15) is 35.9 Å². The Kier molecular flexibility index (Phi) is 6.64. The van der Waals surface area contributed by atoms with Gasteiger partial charge in [-0.2, -0.15) is 0 Å². The van der Waals surface area contributed by atoms with Gasteiger partial charge in [0.25, 0.3) is 0 Å². The summed E-state index contributed by atoms with van der Waals surface area (Å²) in [6.45, 7) is 6.88. The Hall–Kier alpha value is -2.73. The highest BCUT2D eigenvalue weighted by atomic mass is 16.6. The summed E-state index contributed by atoms with van der Waals surface area (Å²) in [5, 5.41) is 0. The summed E-state index contributed by atoms with van der Waals surface area (Å²) < 4.78 is 23.0. The molecule has 0 spiro atoms. The molecule has 0 bridgehead atoms. The molecule has 0 unspecified atom stereocenters. The second-order valence-electron chi connectivity index (χ2n) is 8.06. The first kappa shape index (κ1) is 21.0. The van der Waals surface area contributed by atoms with Gasteiger partial charge in [-0.05, 0) is 38.5 Å². The number of carbonyl (C=O) groups excluding carboxylic acids is 1. The van der Waals surface area contributed by atoms with Crippen molar-refractivity contribution in [2.45, 2.75) is 45.2 Å². The molecule has 2 aromatic carbocycles. The van der Waals surface area contributed by atoms with E-state index in [-0.39, 0.29) is 18.3 Å². The minimum atomic E-state index is -0.539. The highest BCUT2D eigenvalue weighted by molar-refractivity contribution is 5.68. The number of likely N-dealkylation sites (tertiary alicyclic amines) is 1. The maximum atomic E-state index is 12.4. The van der Waals surface area contributed by atoms with Crippen LogP contribution in [0.1, 0.15) is 26.3 Å². The third-order valence-electron chi connectivity index (χ3n) is 4.51. The Morgan fingerprint density at radius 2 is 1.69 bits per heavy atom. The minimum absolute atomic E-state index is 0.226. The Morgan fingerprint density at radius 3 is 2.38 bits per heavy atom. The van der Waals surface area contributed by atoms with E-state index >= 15 is 0 Å². The van der Waals surface area contributed by atoms with Gasteiger partial charge < -0.3 is 23.8 Å². The number of benzene rings is 2. The molecule has 156 valence electrons. The van der Waals surface area contributed by atoms with E-state index in [1.807, 2.05) is 75.4 Å². The van der Waals surface area contributed by atoms with Crippen LogP contribution in [0.4, 0.5) is 4.79 Å². The molecule has 0 radical (unpaired) electrons. The molecule has 6 nitrogen and oxygen atoms in total. The van der Waals surface area contributed by atoms with Crippen LogP contribution >= 0.6 is 0 Å². The van der Waals surface area contributed by atoms with Crippen molar-refractivity contribution in [3.8, 4) is 11.5 Å². The lowest BCUT2D eigenvalue weighted by Crippen LogP contribution is -2.36. The predicted molar refractivity (Wildman–Crippen MR) is 110 cm³/mol. The van der Waals surface area contributed by atoms with Gasteiger partial charge in [-0.3, -0.25) is 0 Å². The van der Waals surface area contributed by atoms with E-state index in [4.69, 9.17) is 18.9 Å². The van der Waals surface area contributed by atoms with Gasteiger partial charge in [-0.25, -0.2) is 4.79 Å². The molecule has 2 atom stereocenters. The monoisotopic (exact) mass is 399 g/mol. The largest absolute Gasteiger partial charge is 0.489 e. The summed E-state index contributed by atoms with van der Waals surface area (Å²) in [4.78, 5) is 14.0. The van der Waals surface area contributed by atoms with Crippen molar-refractivity contribution in [2.24, 2.45) is 0 Å². The van der Waals surface area contributed by atoms with Gasteiger partial charge in [0.2, 0.25) is 0 Å². The van der Waals surface area contributed by atoms with Crippen LogP contribution in [-0.2, 0) is 16.1 Å². The molecular formula is C23H29NO5. The second kappa shape index (κ2) is 9.18. The number of rotatable bonds is 6. The van der Waals surface area contributed by atoms with Gasteiger partial charge in [-0.15, -0.1) is 0 Å². The molecule has 3 rings (SSSR count). The highest BCUT2D eigenvalue weighted by Gasteiger charge is 2.38. The van der Waals surface area contributed by atoms with Crippen LogP contribution in [-0.4, -0.2) is 49.0 Å².